The van der Waals surface area contributed by atoms with E-state index in [1.54, 1.807) is 11.8 Å². The Morgan fingerprint density at radius 1 is 1.16 bits per heavy atom. The zero-order valence-electron chi connectivity index (χ0n) is 15.8. The maximum absolute atomic E-state index is 12.2. The minimum Gasteiger partial charge on any atom is -0.381 e. The first kappa shape index (κ1) is 19.4. The number of benzene rings is 1. The molecule has 5 heteroatoms. The van der Waals surface area contributed by atoms with Crippen molar-refractivity contribution in [2.75, 3.05) is 31.2 Å². The van der Waals surface area contributed by atoms with Gasteiger partial charge in [0.1, 0.15) is 0 Å². The molecule has 25 heavy (non-hydrogen) atoms. The van der Waals surface area contributed by atoms with Crippen LogP contribution in [0.2, 0.25) is 0 Å². The molecule has 1 saturated heterocycles. The summed E-state index contributed by atoms with van der Waals surface area (Å²) >= 11 is 0. The number of hydrogen-bond acceptors (Lipinski definition) is 3. The predicted molar refractivity (Wildman–Crippen MR) is 99.7 cm³/mol. The lowest BCUT2D eigenvalue weighted by Crippen LogP contribution is -2.40. The molecule has 1 aromatic rings. The second-order valence-corrected chi connectivity index (χ2v) is 7.65. The van der Waals surface area contributed by atoms with E-state index in [4.69, 9.17) is 4.74 Å². The molecule has 0 aliphatic carbocycles. The van der Waals surface area contributed by atoms with E-state index in [1.807, 2.05) is 12.1 Å². The van der Waals surface area contributed by atoms with Crippen LogP contribution in [-0.4, -0.2) is 38.1 Å². The monoisotopic (exact) mass is 346 g/mol. The average Bonchev–Trinajstić information content (AvgIpc) is 2.58. The summed E-state index contributed by atoms with van der Waals surface area (Å²) in [5, 5.41) is 2.95. The van der Waals surface area contributed by atoms with Gasteiger partial charge in [0.25, 0.3) is 0 Å². The van der Waals surface area contributed by atoms with Gasteiger partial charge in [0.05, 0.1) is 0 Å². The first-order valence-corrected chi connectivity index (χ1v) is 9.03. The summed E-state index contributed by atoms with van der Waals surface area (Å²) in [5.74, 6) is 0.0734. The maximum atomic E-state index is 12.2. The minimum absolute atomic E-state index is 0.0242. The highest BCUT2D eigenvalue weighted by molar-refractivity contribution is 5.91. The van der Waals surface area contributed by atoms with E-state index in [0.29, 0.717) is 26.3 Å². The molecular weight excluding hydrogens is 316 g/mol. The van der Waals surface area contributed by atoms with E-state index in [2.05, 4.69) is 38.2 Å². The Bertz CT molecular complexity index is 584. The number of nitrogens with zero attached hydrogens (tertiary/aromatic N) is 1. The third-order valence-corrected chi connectivity index (χ3v) is 4.65. The fraction of sp³-hybridized carbons (Fsp3) is 0.600. The Morgan fingerprint density at radius 2 is 1.76 bits per heavy atom. The number of carbonyl (C=O) groups is 2. The van der Waals surface area contributed by atoms with Crippen molar-refractivity contribution in [3.8, 4) is 0 Å². The van der Waals surface area contributed by atoms with Crippen LogP contribution in [0.1, 0.15) is 46.1 Å². The number of nitrogens with one attached hydrogen (secondary N) is 1. The summed E-state index contributed by atoms with van der Waals surface area (Å²) in [6, 6.07) is 8.07. The van der Waals surface area contributed by atoms with Crippen molar-refractivity contribution >= 4 is 17.5 Å². The summed E-state index contributed by atoms with van der Waals surface area (Å²) in [5.41, 5.74) is 2.17. The number of hydrogen-bond donors (Lipinski definition) is 1. The van der Waals surface area contributed by atoms with Crippen molar-refractivity contribution in [3.63, 3.8) is 0 Å². The van der Waals surface area contributed by atoms with Crippen molar-refractivity contribution in [2.45, 2.75) is 46.0 Å². The molecule has 0 unspecified atom stereocenters. The molecule has 2 amide bonds. The van der Waals surface area contributed by atoms with Crippen molar-refractivity contribution in [1.82, 2.24) is 5.32 Å². The van der Waals surface area contributed by atoms with Crippen molar-refractivity contribution in [3.05, 3.63) is 29.8 Å². The molecule has 5 nitrogen and oxygen atoms in total. The lowest BCUT2D eigenvalue weighted by atomic mass is 9.87. The van der Waals surface area contributed by atoms with E-state index >= 15 is 0 Å². The molecule has 0 spiro atoms. The van der Waals surface area contributed by atoms with E-state index in [9.17, 15) is 9.59 Å². The maximum Gasteiger partial charge on any atom is 0.223 e. The van der Waals surface area contributed by atoms with Gasteiger partial charge in [0.2, 0.25) is 11.8 Å². The molecular formula is C20H30N2O3. The molecule has 2 rings (SSSR count). The van der Waals surface area contributed by atoms with Crippen LogP contribution in [0, 0.1) is 5.92 Å². The molecule has 0 bridgehead atoms. The standard InChI is InChI=1S/C20H30N2O3/c1-15(23)22(18-7-5-17(6-8-18)20(2,3)4)12-11-21-19(24)16-9-13-25-14-10-16/h5-8,16H,9-14H2,1-4H3,(H,21,24). The first-order valence-electron chi connectivity index (χ1n) is 9.03. The van der Waals surface area contributed by atoms with Crippen molar-refractivity contribution < 1.29 is 14.3 Å². The lowest BCUT2D eigenvalue weighted by molar-refractivity contribution is -0.127. The molecule has 1 aliphatic heterocycles. The quantitative estimate of drug-likeness (QED) is 0.892. The van der Waals surface area contributed by atoms with Crippen molar-refractivity contribution in [2.24, 2.45) is 5.92 Å². The third-order valence-electron chi connectivity index (χ3n) is 4.65. The van der Waals surface area contributed by atoms with Crippen molar-refractivity contribution in [1.29, 1.82) is 0 Å². The minimum atomic E-state index is -0.0242. The summed E-state index contributed by atoms with van der Waals surface area (Å²) in [7, 11) is 0. The average molecular weight is 346 g/mol. The number of rotatable bonds is 5. The first-order chi connectivity index (χ1) is 11.8. The summed E-state index contributed by atoms with van der Waals surface area (Å²) in [6.45, 7) is 10.3. The molecule has 0 saturated carbocycles. The second kappa shape index (κ2) is 8.48. The molecule has 1 aromatic carbocycles. The van der Waals surface area contributed by atoms with Crippen LogP contribution in [0.25, 0.3) is 0 Å². The van der Waals surface area contributed by atoms with Crippen LogP contribution in [-0.2, 0) is 19.7 Å². The van der Waals surface area contributed by atoms with Crippen LogP contribution in [0.4, 0.5) is 5.69 Å². The molecule has 0 radical (unpaired) electrons. The highest BCUT2D eigenvalue weighted by Gasteiger charge is 2.21. The molecule has 0 atom stereocenters. The third kappa shape index (κ3) is 5.56. The second-order valence-electron chi connectivity index (χ2n) is 7.65. The molecule has 1 N–H and O–H groups in total. The molecule has 1 fully saturated rings. The normalized spacial score (nSPS) is 15.7. The lowest BCUT2D eigenvalue weighted by Gasteiger charge is -2.25. The highest BCUT2D eigenvalue weighted by Crippen LogP contribution is 2.25. The van der Waals surface area contributed by atoms with Gasteiger partial charge in [-0.25, -0.2) is 0 Å². The Labute approximate surface area is 150 Å². The largest absolute Gasteiger partial charge is 0.381 e. The fourth-order valence-electron chi connectivity index (χ4n) is 3.00. The predicted octanol–water partition coefficient (Wildman–Crippen LogP) is 2.88. The van der Waals surface area contributed by atoms with Crippen LogP contribution < -0.4 is 10.2 Å². The van der Waals surface area contributed by atoms with E-state index in [-0.39, 0.29) is 23.1 Å². The Hall–Kier alpha value is -1.88. The van der Waals surface area contributed by atoms with Gasteiger partial charge in [-0.3, -0.25) is 9.59 Å². The number of ether oxygens (including phenoxy) is 1. The summed E-state index contributed by atoms with van der Waals surface area (Å²) in [6.07, 6.45) is 1.55. The SMILES string of the molecule is CC(=O)N(CCNC(=O)C1CCOCC1)c1ccc(C(C)(C)C)cc1. The van der Waals surface area contributed by atoms with Crippen LogP contribution in [0.15, 0.2) is 24.3 Å². The molecule has 0 aromatic heterocycles. The summed E-state index contributed by atoms with van der Waals surface area (Å²) in [4.78, 5) is 25.9. The number of carbonyl (C=O) groups excluding carboxylic acids is 2. The van der Waals surface area contributed by atoms with Crippen LogP contribution in [0.3, 0.4) is 0 Å². The van der Waals surface area contributed by atoms with Crippen LogP contribution >= 0.6 is 0 Å². The zero-order valence-corrected chi connectivity index (χ0v) is 15.8. The smallest absolute Gasteiger partial charge is 0.223 e. The van der Waals surface area contributed by atoms with Gasteiger partial charge in [-0.1, -0.05) is 32.9 Å². The van der Waals surface area contributed by atoms with E-state index in [0.717, 1.165) is 18.5 Å². The van der Waals surface area contributed by atoms with Gasteiger partial charge in [0, 0.05) is 44.8 Å². The van der Waals surface area contributed by atoms with Gasteiger partial charge in [-0.05, 0) is 36.0 Å². The van der Waals surface area contributed by atoms with Gasteiger partial charge in [-0.15, -0.1) is 0 Å². The topological polar surface area (TPSA) is 58.6 Å². The Morgan fingerprint density at radius 3 is 2.28 bits per heavy atom. The fourth-order valence-corrected chi connectivity index (χ4v) is 3.00. The molecule has 1 heterocycles. The van der Waals surface area contributed by atoms with E-state index < -0.39 is 0 Å². The Balaban J connectivity index is 1.92. The van der Waals surface area contributed by atoms with Crippen LogP contribution in [0.5, 0.6) is 0 Å². The van der Waals surface area contributed by atoms with Gasteiger partial charge in [-0.2, -0.15) is 0 Å². The van der Waals surface area contributed by atoms with Gasteiger partial charge in [0.15, 0.2) is 0 Å². The zero-order chi connectivity index (χ0) is 18.4. The Kier molecular flexibility index (Phi) is 6.59. The molecule has 138 valence electrons. The highest BCUT2D eigenvalue weighted by atomic mass is 16.5. The van der Waals surface area contributed by atoms with Gasteiger partial charge >= 0.3 is 0 Å². The van der Waals surface area contributed by atoms with Gasteiger partial charge < -0.3 is 15.0 Å². The van der Waals surface area contributed by atoms with E-state index in [1.165, 1.54) is 5.56 Å². The number of anilines is 1. The summed E-state index contributed by atoms with van der Waals surface area (Å²) < 4.78 is 5.28. The molecule has 1 aliphatic rings. The number of amides is 2.